The first-order valence-corrected chi connectivity index (χ1v) is 9.27. The average molecular weight is 358 g/mol. The first-order valence-electron chi connectivity index (χ1n) is 8.46. The molecule has 0 aliphatic heterocycles. The highest BCUT2D eigenvalue weighted by Crippen LogP contribution is 2.29. The minimum atomic E-state index is -0.570. The van der Waals surface area contributed by atoms with Gasteiger partial charge in [-0.25, -0.2) is 0 Å². The lowest BCUT2D eigenvalue weighted by molar-refractivity contribution is -0.128. The van der Waals surface area contributed by atoms with Crippen LogP contribution in [0.4, 0.5) is 5.13 Å². The minimum absolute atomic E-state index is 0.00753. The molecule has 1 fully saturated rings. The third kappa shape index (κ3) is 4.42. The van der Waals surface area contributed by atoms with Gasteiger partial charge >= 0.3 is 0 Å². The molecule has 3 rings (SSSR count). The fraction of sp³-hybridized carbons (Fsp3) is 0.444. The number of hydrogen-bond acceptors (Lipinski definition) is 5. The van der Waals surface area contributed by atoms with E-state index < -0.39 is 6.04 Å². The molecule has 2 N–H and O–H groups in total. The number of nitrogens with one attached hydrogen (secondary N) is 2. The highest BCUT2D eigenvalue weighted by Gasteiger charge is 2.33. The summed E-state index contributed by atoms with van der Waals surface area (Å²) in [5.41, 5.74) is 2.11. The Morgan fingerprint density at radius 2 is 2.00 bits per heavy atom. The topological polar surface area (TPSA) is 84.0 Å². The Morgan fingerprint density at radius 3 is 2.64 bits per heavy atom. The Morgan fingerprint density at radius 1 is 1.24 bits per heavy atom. The van der Waals surface area contributed by atoms with E-state index in [0.29, 0.717) is 5.13 Å². The van der Waals surface area contributed by atoms with Crippen molar-refractivity contribution in [2.75, 3.05) is 5.32 Å². The zero-order valence-corrected chi connectivity index (χ0v) is 15.4. The third-order valence-electron chi connectivity index (χ3n) is 4.12. The number of anilines is 1. The van der Waals surface area contributed by atoms with Crippen molar-refractivity contribution in [1.29, 1.82) is 0 Å². The molecule has 7 heteroatoms. The highest BCUT2D eigenvalue weighted by atomic mass is 32.1. The molecule has 1 aromatic carbocycles. The molecule has 0 radical (unpaired) electrons. The largest absolute Gasteiger partial charge is 0.344 e. The van der Waals surface area contributed by atoms with Crippen LogP contribution in [0.1, 0.15) is 32.3 Å². The molecule has 1 atom stereocenters. The number of carbonyl (C=O) groups is 2. The minimum Gasteiger partial charge on any atom is -0.344 e. The van der Waals surface area contributed by atoms with Crippen molar-refractivity contribution in [2.45, 2.75) is 39.7 Å². The Bertz CT molecular complexity index is 783. The number of carbonyl (C=O) groups excluding carboxylic acids is 2. The zero-order valence-electron chi connectivity index (χ0n) is 14.6. The number of aromatic nitrogens is 2. The standard InChI is InChI=1S/C18H22N4O2S/c1-10(2)14(19-15(23)12-7-8-12)16(24)20-18-22-21-17(25-18)13-6-4-5-11(3)9-13/h4-6,9-10,12,14H,7-8H2,1-3H3,(H,19,23)(H,20,22,24). The second-order valence-corrected chi connectivity index (χ2v) is 7.75. The number of rotatable bonds is 6. The number of amides is 2. The molecule has 1 aliphatic rings. The second kappa shape index (κ2) is 7.31. The van der Waals surface area contributed by atoms with Crippen LogP contribution in [0.25, 0.3) is 10.6 Å². The maximum absolute atomic E-state index is 12.5. The van der Waals surface area contributed by atoms with Gasteiger partial charge in [0.2, 0.25) is 16.9 Å². The molecule has 2 aromatic rings. The van der Waals surface area contributed by atoms with Gasteiger partial charge in [-0.15, -0.1) is 10.2 Å². The van der Waals surface area contributed by atoms with E-state index in [1.54, 1.807) is 0 Å². The Hall–Kier alpha value is -2.28. The van der Waals surface area contributed by atoms with Crippen LogP contribution in [0.15, 0.2) is 24.3 Å². The summed E-state index contributed by atoms with van der Waals surface area (Å²) in [4.78, 5) is 24.5. The lowest BCUT2D eigenvalue weighted by Crippen LogP contribution is -2.47. The van der Waals surface area contributed by atoms with Crippen molar-refractivity contribution in [3.8, 4) is 10.6 Å². The maximum atomic E-state index is 12.5. The van der Waals surface area contributed by atoms with Crippen LogP contribution in [-0.4, -0.2) is 28.1 Å². The Kier molecular flexibility index (Phi) is 5.13. The van der Waals surface area contributed by atoms with Gasteiger partial charge < -0.3 is 5.32 Å². The van der Waals surface area contributed by atoms with Crippen molar-refractivity contribution < 1.29 is 9.59 Å². The van der Waals surface area contributed by atoms with E-state index in [9.17, 15) is 9.59 Å². The summed E-state index contributed by atoms with van der Waals surface area (Å²) in [7, 11) is 0. The average Bonchev–Trinajstić information content (AvgIpc) is 3.32. The van der Waals surface area contributed by atoms with E-state index in [4.69, 9.17) is 0 Å². The number of hydrogen-bond donors (Lipinski definition) is 2. The molecule has 1 saturated carbocycles. The summed E-state index contributed by atoms with van der Waals surface area (Å²) in [5.74, 6) is -0.224. The van der Waals surface area contributed by atoms with Gasteiger partial charge in [0.05, 0.1) is 0 Å². The van der Waals surface area contributed by atoms with Gasteiger partial charge in [-0.1, -0.05) is 48.9 Å². The van der Waals surface area contributed by atoms with Gasteiger partial charge in [0.1, 0.15) is 11.0 Å². The van der Waals surface area contributed by atoms with E-state index in [-0.39, 0.29) is 23.7 Å². The van der Waals surface area contributed by atoms with Crippen molar-refractivity contribution in [2.24, 2.45) is 11.8 Å². The molecule has 1 aliphatic carbocycles. The van der Waals surface area contributed by atoms with E-state index in [1.165, 1.54) is 11.3 Å². The Labute approximate surface area is 151 Å². The van der Waals surface area contributed by atoms with Crippen molar-refractivity contribution in [3.05, 3.63) is 29.8 Å². The molecule has 0 bridgehead atoms. The number of nitrogens with zero attached hydrogens (tertiary/aromatic N) is 2. The van der Waals surface area contributed by atoms with Crippen LogP contribution >= 0.6 is 11.3 Å². The monoisotopic (exact) mass is 358 g/mol. The van der Waals surface area contributed by atoms with E-state index in [1.807, 2.05) is 45.0 Å². The zero-order chi connectivity index (χ0) is 18.0. The summed E-state index contributed by atoms with van der Waals surface area (Å²) in [5, 5.41) is 15.0. The Balaban J connectivity index is 1.68. The SMILES string of the molecule is Cc1cccc(-c2nnc(NC(=O)C(NC(=O)C3CC3)C(C)C)s2)c1. The molecule has 0 spiro atoms. The van der Waals surface area contributed by atoms with Crippen LogP contribution in [0, 0.1) is 18.8 Å². The van der Waals surface area contributed by atoms with Gasteiger partial charge in [-0.05, 0) is 31.7 Å². The highest BCUT2D eigenvalue weighted by molar-refractivity contribution is 7.18. The molecule has 25 heavy (non-hydrogen) atoms. The summed E-state index contributed by atoms with van der Waals surface area (Å²) >= 11 is 1.32. The lowest BCUT2D eigenvalue weighted by Gasteiger charge is -2.20. The molecular weight excluding hydrogens is 336 g/mol. The van der Waals surface area contributed by atoms with Gasteiger partial charge in [-0.3, -0.25) is 14.9 Å². The quantitative estimate of drug-likeness (QED) is 0.831. The smallest absolute Gasteiger partial charge is 0.249 e. The van der Waals surface area contributed by atoms with Crippen molar-refractivity contribution >= 4 is 28.3 Å². The molecular formula is C18H22N4O2S. The predicted octanol–water partition coefficient (Wildman–Crippen LogP) is 3.00. The molecule has 1 heterocycles. The van der Waals surface area contributed by atoms with Crippen LogP contribution in [-0.2, 0) is 9.59 Å². The molecule has 6 nitrogen and oxygen atoms in total. The van der Waals surface area contributed by atoms with Crippen molar-refractivity contribution in [1.82, 2.24) is 15.5 Å². The van der Waals surface area contributed by atoms with E-state index in [0.717, 1.165) is 29.0 Å². The maximum Gasteiger partial charge on any atom is 0.249 e. The first kappa shape index (κ1) is 17.5. The van der Waals surface area contributed by atoms with E-state index in [2.05, 4.69) is 20.8 Å². The van der Waals surface area contributed by atoms with Crippen molar-refractivity contribution in [3.63, 3.8) is 0 Å². The summed E-state index contributed by atoms with van der Waals surface area (Å²) in [6.45, 7) is 5.84. The lowest BCUT2D eigenvalue weighted by atomic mass is 10.0. The van der Waals surface area contributed by atoms with Gasteiger partial charge in [0, 0.05) is 11.5 Å². The summed E-state index contributed by atoms with van der Waals surface area (Å²) in [6.07, 6.45) is 1.82. The van der Waals surface area contributed by atoms with Crippen LogP contribution in [0.2, 0.25) is 0 Å². The van der Waals surface area contributed by atoms with Gasteiger partial charge in [0.25, 0.3) is 0 Å². The molecule has 132 valence electrons. The number of benzene rings is 1. The summed E-state index contributed by atoms with van der Waals surface area (Å²) in [6, 6.07) is 7.40. The molecule has 1 aromatic heterocycles. The molecule has 1 unspecified atom stereocenters. The summed E-state index contributed by atoms with van der Waals surface area (Å²) < 4.78 is 0. The third-order valence-corrected chi connectivity index (χ3v) is 5.00. The number of aryl methyl sites for hydroxylation is 1. The van der Waals surface area contributed by atoms with Gasteiger partial charge in [-0.2, -0.15) is 0 Å². The second-order valence-electron chi connectivity index (χ2n) is 6.78. The van der Waals surface area contributed by atoms with Crippen LogP contribution < -0.4 is 10.6 Å². The van der Waals surface area contributed by atoms with E-state index >= 15 is 0 Å². The predicted molar refractivity (Wildman–Crippen MR) is 98.2 cm³/mol. The van der Waals surface area contributed by atoms with Gasteiger partial charge in [0.15, 0.2) is 0 Å². The fourth-order valence-electron chi connectivity index (χ4n) is 2.50. The molecule has 2 amide bonds. The van der Waals surface area contributed by atoms with Crippen LogP contribution in [0.5, 0.6) is 0 Å². The fourth-order valence-corrected chi connectivity index (χ4v) is 3.25. The first-order chi connectivity index (χ1) is 11.9. The molecule has 0 saturated heterocycles. The normalized spacial score (nSPS) is 15.0. The van der Waals surface area contributed by atoms with Crippen LogP contribution in [0.3, 0.4) is 0 Å².